The van der Waals surface area contributed by atoms with Gasteiger partial charge in [-0.2, -0.15) is 0 Å². The van der Waals surface area contributed by atoms with Crippen molar-refractivity contribution in [3.8, 4) is 0 Å². The van der Waals surface area contributed by atoms with Crippen LogP contribution in [0.2, 0.25) is 0 Å². The van der Waals surface area contributed by atoms with Gasteiger partial charge in [0, 0.05) is 5.88 Å². The van der Waals surface area contributed by atoms with Gasteiger partial charge in [-0.3, -0.25) is 4.90 Å². The van der Waals surface area contributed by atoms with Crippen LogP contribution >= 0.6 is 11.6 Å². The van der Waals surface area contributed by atoms with Gasteiger partial charge in [0.1, 0.15) is 5.60 Å². The van der Waals surface area contributed by atoms with Crippen molar-refractivity contribution in [2.75, 3.05) is 10.8 Å². The van der Waals surface area contributed by atoms with Gasteiger partial charge in [0.2, 0.25) is 0 Å². The summed E-state index contributed by atoms with van der Waals surface area (Å²) in [7, 11) is 0. The maximum absolute atomic E-state index is 12.2. The molecule has 0 aliphatic carbocycles. The van der Waals surface area contributed by atoms with E-state index in [9.17, 15) is 4.79 Å². The number of carbonyl (C=O) groups excluding carboxylic acids is 1. The van der Waals surface area contributed by atoms with Gasteiger partial charge in [-0.25, -0.2) is 4.79 Å². The summed E-state index contributed by atoms with van der Waals surface area (Å²) >= 11 is 5.96. The minimum Gasteiger partial charge on any atom is -0.443 e. The maximum Gasteiger partial charge on any atom is 0.415 e. The molecule has 1 amide bonds. The Balaban J connectivity index is 2.27. The zero-order chi connectivity index (χ0) is 13.3. The van der Waals surface area contributed by atoms with E-state index in [0.717, 1.165) is 17.7 Å². The fourth-order valence-electron chi connectivity index (χ4n) is 2.14. The molecule has 0 saturated heterocycles. The number of halogens is 1. The van der Waals surface area contributed by atoms with Crippen molar-refractivity contribution in [3.05, 3.63) is 29.8 Å². The summed E-state index contributed by atoms with van der Waals surface area (Å²) in [6.07, 6.45) is 0.469. The van der Waals surface area contributed by atoms with Crippen molar-refractivity contribution in [2.45, 2.75) is 38.8 Å². The van der Waals surface area contributed by atoms with Gasteiger partial charge in [0.25, 0.3) is 0 Å². The number of ether oxygens (including phenoxy) is 1. The number of rotatable bonds is 1. The first-order valence-corrected chi connectivity index (χ1v) is 6.62. The van der Waals surface area contributed by atoms with E-state index in [1.165, 1.54) is 0 Å². The van der Waals surface area contributed by atoms with Crippen LogP contribution in [-0.2, 0) is 11.2 Å². The second kappa shape index (κ2) is 4.81. The van der Waals surface area contributed by atoms with Crippen LogP contribution in [0.1, 0.15) is 26.3 Å². The normalized spacial score (nSPS) is 18.7. The third-order valence-electron chi connectivity index (χ3n) is 2.84. The molecule has 0 N–H and O–H groups in total. The Morgan fingerprint density at radius 1 is 1.44 bits per heavy atom. The molecule has 0 radical (unpaired) electrons. The Hall–Kier alpha value is -1.22. The molecule has 2 rings (SSSR count). The van der Waals surface area contributed by atoms with Crippen molar-refractivity contribution >= 4 is 23.4 Å². The van der Waals surface area contributed by atoms with Gasteiger partial charge in [-0.05, 0) is 38.8 Å². The molecule has 0 fully saturated rings. The number of hydrogen-bond acceptors (Lipinski definition) is 2. The number of nitrogens with zero attached hydrogens (tertiary/aromatic N) is 1. The number of alkyl halides is 1. The highest BCUT2D eigenvalue weighted by Crippen LogP contribution is 2.33. The van der Waals surface area contributed by atoms with E-state index in [4.69, 9.17) is 16.3 Å². The lowest BCUT2D eigenvalue weighted by Crippen LogP contribution is -2.42. The smallest absolute Gasteiger partial charge is 0.415 e. The predicted molar refractivity (Wildman–Crippen MR) is 73.4 cm³/mol. The van der Waals surface area contributed by atoms with E-state index in [2.05, 4.69) is 0 Å². The monoisotopic (exact) mass is 267 g/mol. The summed E-state index contributed by atoms with van der Waals surface area (Å²) in [5.74, 6) is 0.411. The Morgan fingerprint density at radius 2 is 2.11 bits per heavy atom. The number of amides is 1. The standard InChI is InChI=1S/C14H18ClNO2/c1-14(2,3)18-13(17)16-11(9-15)8-10-6-4-5-7-12(10)16/h4-7,11H,8-9H2,1-3H3. The van der Waals surface area contributed by atoms with Gasteiger partial charge < -0.3 is 4.74 Å². The molecule has 1 unspecified atom stereocenters. The first-order chi connectivity index (χ1) is 8.42. The fraction of sp³-hybridized carbons (Fsp3) is 0.500. The van der Waals surface area contributed by atoms with Crippen LogP contribution in [0.5, 0.6) is 0 Å². The largest absolute Gasteiger partial charge is 0.443 e. The van der Waals surface area contributed by atoms with Gasteiger partial charge in [0.05, 0.1) is 11.7 Å². The van der Waals surface area contributed by atoms with Crippen LogP contribution in [0, 0.1) is 0 Å². The van der Waals surface area contributed by atoms with Crippen LogP contribution in [0.15, 0.2) is 24.3 Å². The Bertz CT molecular complexity index is 453. The predicted octanol–water partition coefficient (Wildman–Crippen LogP) is 3.59. The van der Waals surface area contributed by atoms with Gasteiger partial charge in [-0.15, -0.1) is 11.6 Å². The number of hydrogen-bond donors (Lipinski definition) is 0. The minimum absolute atomic E-state index is 0.0149. The lowest BCUT2D eigenvalue weighted by atomic mass is 10.1. The lowest BCUT2D eigenvalue weighted by Gasteiger charge is -2.28. The lowest BCUT2D eigenvalue weighted by molar-refractivity contribution is 0.0573. The molecule has 1 aromatic carbocycles. The third kappa shape index (κ3) is 2.61. The molecule has 4 heteroatoms. The van der Waals surface area contributed by atoms with Crippen LogP contribution in [0.25, 0.3) is 0 Å². The van der Waals surface area contributed by atoms with Gasteiger partial charge in [0.15, 0.2) is 0 Å². The van der Waals surface area contributed by atoms with Gasteiger partial charge >= 0.3 is 6.09 Å². The summed E-state index contributed by atoms with van der Waals surface area (Å²) in [5, 5.41) is 0. The number of carbonyl (C=O) groups is 1. The molecule has 3 nitrogen and oxygen atoms in total. The Labute approximate surface area is 113 Å². The Kier molecular flexibility index (Phi) is 3.53. The van der Waals surface area contributed by atoms with E-state index in [0.29, 0.717) is 5.88 Å². The number of fused-ring (bicyclic) bond motifs is 1. The fourth-order valence-corrected chi connectivity index (χ4v) is 2.39. The molecule has 98 valence electrons. The molecule has 0 bridgehead atoms. The highest BCUT2D eigenvalue weighted by molar-refractivity contribution is 6.19. The van der Waals surface area contributed by atoms with Crippen LogP contribution in [-0.4, -0.2) is 23.6 Å². The van der Waals surface area contributed by atoms with Crippen molar-refractivity contribution in [2.24, 2.45) is 0 Å². The van der Waals surface area contributed by atoms with Gasteiger partial charge in [-0.1, -0.05) is 18.2 Å². The maximum atomic E-state index is 12.2. The van der Waals surface area contributed by atoms with Crippen molar-refractivity contribution in [3.63, 3.8) is 0 Å². The van der Waals surface area contributed by atoms with E-state index < -0.39 is 5.60 Å². The first-order valence-electron chi connectivity index (χ1n) is 6.08. The molecule has 0 spiro atoms. The quantitative estimate of drug-likeness (QED) is 0.728. The zero-order valence-electron chi connectivity index (χ0n) is 10.9. The summed E-state index contributed by atoms with van der Waals surface area (Å²) in [6.45, 7) is 5.59. The summed E-state index contributed by atoms with van der Waals surface area (Å²) in [4.78, 5) is 13.9. The van der Waals surface area contributed by atoms with Crippen molar-refractivity contribution in [1.29, 1.82) is 0 Å². The first kappa shape index (κ1) is 13.2. The van der Waals surface area contributed by atoms with E-state index in [-0.39, 0.29) is 12.1 Å². The van der Waals surface area contributed by atoms with Crippen LogP contribution in [0.4, 0.5) is 10.5 Å². The molecule has 0 saturated carbocycles. The molecule has 1 heterocycles. The van der Waals surface area contributed by atoms with E-state index >= 15 is 0 Å². The topological polar surface area (TPSA) is 29.5 Å². The summed E-state index contributed by atoms with van der Waals surface area (Å²) in [6, 6.07) is 7.85. The number of benzene rings is 1. The summed E-state index contributed by atoms with van der Waals surface area (Å²) < 4.78 is 5.44. The summed E-state index contributed by atoms with van der Waals surface area (Å²) in [5.41, 5.74) is 1.57. The van der Waals surface area contributed by atoms with E-state index in [1.807, 2.05) is 45.0 Å². The minimum atomic E-state index is -0.495. The highest BCUT2D eigenvalue weighted by Gasteiger charge is 2.35. The molecule has 18 heavy (non-hydrogen) atoms. The zero-order valence-corrected chi connectivity index (χ0v) is 11.7. The molecule has 0 aromatic heterocycles. The molecule has 1 aliphatic heterocycles. The third-order valence-corrected chi connectivity index (χ3v) is 3.20. The van der Waals surface area contributed by atoms with Crippen molar-refractivity contribution in [1.82, 2.24) is 0 Å². The average Bonchev–Trinajstić information content (AvgIpc) is 2.64. The van der Waals surface area contributed by atoms with Crippen LogP contribution in [0.3, 0.4) is 0 Å². The highest BCUT2D eigenvalue weighted by atomic mass is 35.5. The Morgan fingerprint density at radius 3 is 2.72 bits per heavy atom. The average molecular weight is 268 g/mol. The number of anilines is 1. The second-order valence-corrected chi connectivity index (χ2v) is 5.80. The number of para-hydroxylation sites is 1. The molecular weight excluding hydrogens is 250 g/mol. The molecule has 1 aliphatic rings. The van der Waals surface area contributed by atoms with E-state index in [1.54, 1.807) is 4.90 Å². The van der Waals surface area contributed by atoms with Crippen LogP contribution < -0.4 is 4.90 Å². The second-order valence-electron chi connectivity index (χ2n) is 5.49. The SMILES string of the molecule is CC(C)(C)OC(=O)N1c2ccccc2CC1CCl. The van der Waals surface area contributed by atoms with Crippen molar-refractivity contribution < 1.29 is 9.53 Å². The molecule has 1 aromatic rings. The molecule has 1 atom stereocenters. The molecular formula is C14H18ClNO2.